The van der Waals surface area contributed by atoms with Crippen LogP contribution in [0, 0.1) is 4.91 Å². The molecule has 1 aromatic heterocycles. The average Bonchev–Trinajstić information content (AvgIpc) is 2.65. The van der Waals surface area contributed by atoms with Crippen LogP contribution in [0.5, 0.6) is 0 Å². The fraction of sp³-hybridized carbons (Fsp3) is 0.632. The van der Waals surface area contributed by atoms with Crippen molar-refractivity contribution in [3.8, 4) is 0 Å². The van der Waals surface area contributed by atoms with Gasteiger partial charge in [-0.05, 0) is 39.3 Å². The molecule has 2 fully saturated rings. The summed E-state index contributed by atoms with van der Waals surface area (Å²) in [6.45, 7) is 8.33. The number of nitrogens with zero attached hydrogens (tertiary/aromatic N) is 4. The van der Waals surface area contributed by atoms with Crippen molar-refractivity contribution in [2.45, 2.75) is 45.3 Å². The van der Waals surface area contributed by atoms with E-state index in [2.05, 4.69) is 15.2 Å². The van der Waals surface area contributed by atoms with Crippen molar-refractivity contribution in [2.24, 2.45) is 0 Å². The Kier molecular flexibility index (Phi) is 5.81. The van der Waals surface area contributed by atoms with Gasteiger partial charge in [-0.15, -0.1) is 0 Å². The summed E-state index contributed by atoms with van der Waals surface area (Å²) in [6, 6.07) is 3.25. The van der Waals surface area contributed by atoms with E-state index >= 15 is 0 Å². The zero-order chi connectivity index (χ0) is 20.3. The number of ether oxygens (including phenoxy) is 1. The Bertz CT molecular complexity index is 736. The molecule has 9 nitrogen and oxygen atoms in total. The summed E-state index contributed by atoms with van der Waals surface area (Å²) in [4.78, 5) is 43.8. The molecule has 2 amide bonds. The Morgan fingerprint density at radius 1 is 1.25 bits per heavy atom. The van der Waals surface area contributed by atoms with Gasteiger partial charge in [0.2, 0.25) is 6.54 Å². The third-order valence-electron chi connectivity index (χ3n) is 4.74. The van der Waals surface area contributed by atoms with Crippen molar-refractivity contribution in [2.75, 3.05) is 42.9 Å². The number of carbonyl (C=O) groups excluding carboxylic acids is 2. The van der Waals surface area contributed by atoms with Crippen LogP contribution in [0.4, 0.5) is 16.3 Å². The third kappa shape index (κ3) is 4.96. The molecule has 2 aliphatic rings. The van der Waals surface area contributed by atoms with E-state index in [1.54, 1.807) is 11.1 Å². The summed E-state index contributed by atoms with van der Waals surface area (Å²) in [6.07, 6.45) is 2.73. The fourth-order valence-electron chi connectivity index (χ4n) is 3.28. The summed E-state index contributed by atoms with van der Waals surface area (Å²) >= 11 is 0. The first-order valence-corrected chi connectivity index (χ1v) is 9.67. The molecule has 0 bridgehead atoms. The van der Waals surface area contributed by atoms with E-state index in [-0.39, 0.29) is 12.6 Å². The molecule has 152 valence electrons. The number of nitrogens with one attached hydrogen (secondary N) is 1. The fourth-order valence-corrected chi connectivity index (χ4v) is 3.28. The normalized spacial score (nSPS) is 20.9. The summed E-state index contributed by atoms with van der Waals surface area (Å²) in [7, 11) is 0. The van der Waals surface area contributed by atoms with Gasteiger partial charge in [0, 0.05) is 37.5 Å². The van der Waals surface area contributed by atoms with E-state index in [0.29, 0.717) is 49.5 Å². The number of rotatable bonds is 3. The van der Waals surface area contributed by atoms with Crippen LogP contribution in [-0.2, 0) is 9.53 Å². The van der Waals surface area contributed by atoms with Crippen LogP contribution < -0.4 is 10.2 Å². The minimum Gasteiger partial charge on any atom is -0.444 e. The van der Waals surface area contributed by atoms with Gasteiger partial charge >= 0.3 is 12.0 Å². The quantitative estimate of drug-likeness (QED) is 0.789. The monoisotopic (exact) mass is 390 g/mol. The van der Waals surface area contributed by atoms with Crippen molar-refractivity contribution in [3.05, 3.63) is 23.2 Å². The van der Waals surface area contributed by atoms with Gasteiger partial charge < -0.3 is 19.9 Å². The molecule has 0 spiro atoms. The van der Waals surface area contributed by atoms with Crippen LogP contribution in [0.2, 0.25) is 0 Å². The number of carbonyl (C=O) groups is 2. The zero-order valence-corrected chi connectivity index (χ0v) is 16.7. The van der Waals surface area contributed by atoms with Crippen molar-refractivity contribution >= 4 is 23.5 Å². The maximum atomic E-state index is 12.1. The zero-order valence-electron chi connectivity index (χ0n) is 16.7. The van der Waals surface area contributed by atoms with E-state index in [1.807, 2.05) is 32.9 Å². The Morgan fingerprint density at radius 2 is 1.96 bits per heavy atom. The van der Waals surface area contributed by atoms with Crippen LogP contribution >= 0.6 is 0 Å². The summed E-state index contributed by atoms with van der Waals surface area (Å²) in [5, 5.41) is 3.09. The summed E-state index contributed by atoms with van der Waals surface area (Å²) in [5.41, 5.74) is 0.214. The molecule has 28 heavy (non-hydrogen) atoms. The molecule has 3 rings (SSSR count). The predicted molar refractivity (Wildman–Crippen MR) is 104 cm³/mol. The van der Waals surface area contributed by atoms with Gasteiger partial charge in [0.1, 0.15) is 11.4 Å². The van der Waals surface area contributed by atoms with Crippen LogP contribution in [0.1, 0.15) is 33.6 Å². The van der Waals surface area contributed by atoms with Crippen LogP contribution in [-0.4, -0.2) is 71.0 Å². The van der Waals surface area contributed by atoms with E-state index in [0.717, 1.165) is 5.82 Å². The number of aromatic nitrogens is 1. The molecule has 2 saturated heterocycles. The first-order valence-electron chi connectivity index (χ1n) is 9.67. The summed E-state index contributed by atoms with van der Waals surface area (Å²) in [5.74, 6) is 0.392. The molecule has 3 heterocycles. The molecule has 2 aliphatic heterocycles. The number of anilines is 2. The second-order valence-corrected chi connectivity index (χ2v) is 8.14. The smallest absolute Gasteiger partial charge is 0.444 e. The Labute approximate surface area is 164 Å². The van der Waals surface area contributed by atoms with Gasteiger partial charge in [0.15, 0.2) is 6.04 Å². The second-order valence-electron chi connectivity index (χ2n) is 8.14. The summed E-state index contributed by atoms with van der Waals surface area (Å²) < 4.78 is 5.93. The number of pyridine rings is 1. The standard InChI is InChI=1S/C19H28N5O4/c1-19(2,3)28-18(26)23-11-9-22(10-12-23)16-7-6-14(13-20-16)21-15-5-4-8-24(27)17(15)25/h6-7,13,15,21H,4-5,8-12H2,1-3H3/q+1. The molecule has 1 atom stereocenters. The topological polar surface area (TPSA) is 94.9 Å². The van der Waals surface area contributed by atoms with Gasteiger partial charge in [-0.1, -0.05) is 0 Å². The van der Waals surface area contributed by atoms with Crippen molar-refractivity contribution in [1.82, 2.24) is 9.88 Å². The lowest BCUT2D eigenvalue weighted by Gasteiger charge is -2.36. The minimum absolute atomic E-state index is 0.267. The highest BCUT2D eigenvalue weighted by molar-refractivity contribution is 5.77. The molecule has 1 unspecified atom stereocenters. The number of hydrogen-bond acceptors (Lipinski definition) is 7. The van der Waals surface area contributed by atoms with Gasteiger partial charge in [-0.25, -0.2) is 14.6 Å². The van der Waals surface area contributed by atoms with Crippen LogP contribution in [0.3, 0.4) is 0 Å². The predicted octanol–water partition coefficient (Wildman–Crippen LogP) is 2.02. The number of nitroso groups, excluding NO2 is 1. The Balaban J connectivity index is 1.53. The van der Waals surface area contributed by atoms with Crippen molar-refractivity contribution in [1.29, 1.82) is 0 Å². The lowest BCUT2D eigenvalue weighted by atomic mass is 10.1. The van der Waals surface area contributed by atoms with Crippen molar-refractivity contribution < 1.29 is 19.1 Å². The molecule has 1 N–H and O–H groups in total. The van der Waals surface area contributed by atoms with Crippen molar-refractivity contribution in [3.63, 3.8) is 0 Å². The van der Waals surface area contributed by atoms with Gasteiger partial charge in [-0.3, -0.25) is 0 Å². The largest absolute Gasteiger partial charge is 0.454 e. The number of piperazine rings is 1. The van der Waals surface area contributed by atoms with E-state index in [9.17, 15) is 14.5 Å². The lowest BCUT2D eigenvalue weighted by Crippen LogP contribution is -2.50. The maximum absolute atomic E-state index is 12.1. The SMILES string of the molecule is CC(C)(C)OC(=O)N1CCN(c2ccc(NC3CCC[N+](=O)C3=O)cn2)CC1. The third-order valence-corrected chi connectivity index (χ3v) is 4.74. The minimum atomic E-state index is -0.499. The molecule has 0 aliphatic carbocycles. The molecule has 9 heteroatoms. The first kappa shape index (κ1) is 20.0. The van der Waals surface area contributed by atoms with E-state index in [1.165, 1.54) is 0 Å². The van der Waals surface area contributed by atoms with Crippen LogP contribution in [0.25, 0.3) is 0 Å². The maximum Gasteiger partial charge on any atom is 0.454 e. The molecule has 0 saturated carbocycles. The van der Waals surface area contributed by atoms with Crippen LogP contribution in [0.15, 0.2) is 18.3 Å². The lowest BCUT2D eigenvalue weighted by molar-refractivity contribution is -0.477. The van der Waals surface area contributed by atoms with E-state index < -0.39 is 17.6 Å². The van der Waals surface area contributed by atoms with E-state index in [4.69, 9.17) is 4.74 Å². The molecular formula is C19H28N5O4+. The first-order chi connectivity index (χ1) is 13.2. The second kappa shape index (κ2) is 8.12. The highest BCUT2D eigenvalue weighted by Gasteiger charge is 2.37. The van der Waals surface area contributed by atoms with Gasteiger partial charge in [0.05, 0.1) is 16.6 Å². The number of hydrogen-bond donors (Lipinski definition) is 1. The number of piperidine rings is 1. The van der Waals surface area contributed by atoms with Gasteiger partial charge in [-0.2, -0.15) is 0 Å². The number of amides is 2. The Morgan fingerprint density at radius 3 is 2.57 bits per heavy atom. The molecule has 0 aromatic carbocycles. The van der Waals surface area contributed by atoms with Gasteiger partial charge in [0.25, 0.3) is 0 Å². The average molecular weight is 390 g/mol. The molecular weight excluding hydrogens is 362 g/mol. The Hall–Kier alpha value is -2.71. The highest BCUT2D eigenvalue weighted by atomic mass is 16.6. The molecule has 1 aromatic rings. The highest BCUT2D eigenvalue weighted by Crippen LogP contribution is 2.19. The molecule has 0 radical (unpaired) electrons.